The molecule has 0 spiro atoms. The third-order valence-corrected chi connectivity index (χ3v) is 6.76. The van der Waals surface area contributed by atoms with Crippen molar-refractivity contribution in [2.75, 3.05) is 13.2 Å². The number of alkyl carbamates (subject to hydrolysis) is 1. The minimum Gasteiger partial charge on any atom is -0.481 e. The van der Waals surface area contributed by atoms with Gasteiger partial charge in [0.2, 0.25) is 5.91 Å². The molecule has 7 nitrogen and oxygen atoms in total. The Morgan fingerprint density at radius 1 is 1.00 bits per heavy atom. The molecule has 0 radical (unpaired) electrons. The second kappa shape index (κ2) is 10.3. The summed E-state index contributed by atoms with van der Waals surface area (Å²) in [5.41, 5.74) is 4.56. The van der Waals surface area contributed by atoms with Gasteiger partial charge in [-0.15, -0.1) is 0 Å². The molecular weight excluding hydrogens is 432 g/mol. The van der Waals surface area contributed by atoms with Crippen molar-refractivity contribution in [1.82, 2.24) is 10.6 Å². The summed E-state index contributed by atoms with van der Waals surface area (Å²) in [4.78, 5) is 36.5. The maximum absolute atomic E-state index is 12.8. The van der Waals surface area contributed by atoms with Crippen LogP contribution in [0, 0.1) is 17.8 Å². The molecule has 4 rings (SSSR count). The summed E-state index contributed by atoms with van der Waals surface area (Å²) in [5, 5.41) is 14.6. The lowest BCUT2D eigenvalue weighted by molar-refractivity contribution is -0.139. The smallest absolute Gasteiger partial charge is 0.407 e. The molecule has 0 saturated heterocycles. The summed E-state index contributed by atoms with van der Waals surface area (Å²) in [6.07, 6.45) is 1.20. The summed E-state index contributed by atoms with van der Waals surface area (Å²) >= 11 is 0. The molecule has 2 aliphatic rings. The Morgan fingerprint density at radius 3 is 2.18 bits per heavy atom. The van der Waals surface area contributed by atoms with Crippen molar-refractivity contribution in [3.05, 3.63) is 59.7 Å². The number of aliphatic carboxylic acids is 1. The molecule has 2 amide bonds. The topological polar surface area (TPSA) is 105 Å². The van der Waals surface area contributed by atoms with Gasteiger partial charge in [0.05, 0.1) is 5.92 Å². The van der Waals surface area contributed by atoms with E-state index in [2.05, 4.69) is 48.7 Å². The molecule has 0 heterocycles. The van der Waals surface area contributed by atoms with Crippen molar-refractivity contribution in [3.63, 3.8) is 0 Å². The van der Waals surface area contributed by atoms with E-state index in [1.54, 1.807) is 0 Å². The number of amides is 2. The fourth-order valence-electron chi connectivity index (χ4n) is 4.68. The van der Waals surface area contributed by atoms with Crippen LogP contribution in [0.3, 0.4) is 0 Å². The van der Waals surface area contributed by atoms with Crippen LogP contribution in [-0.4, -0.2) is 42.3 Å². The molecule has 1 fully saturated rings. The van der Waals surface area contributed by atoms with E-state index in [0.717, 1.165) is 28.7 Å². The molecule has 0 aliphatic heterocycles. The Kier molecular flexibility index (Phi) is 7.20. The minimum absolute atomic E-state index is 0.0401. The first-order chi connectivity index (χ1) is 16.3. The van der Waals surface area contributed by atoms with Crippen molar-refractivity contribution in [1.29, 1.82) is 0 Å². The number of carbonyl (C=O) groups excluding carboxylic acids is 2. The van der Waals surface area contributed by atoms with Crippen LogP contribution in [-0.2, 0) is 14.3 Å². The first kappa shape index (κ1) is 23.8. The number of ether oxygens (including phenoxy) is 1. The van der Waals surface area contributed by atoms with Crippen molar-refractivity contribution < 1.29 is 24.2 Å². The summed E-state index contributed by atoms with van der Waals surface area (Å²) in [5.74, 6) is -1.23. The van der Waals surface area contributed by atoms with Gasteiger partial charge in [0, 0.05) is 12.5 Å². The van der Waals surface area contributed by atoms with Gasteiger partial charge >= 0.3 is 12.1 Å². The van der Waals surface area contributed by atoms with Gasteiger partial charge < -0.3 is 20.5 Å². The van der Waals surface area contributed by atoms with Gasteiger partial charge in [-0.2, -0.15) is 0 Å². The highest BCUT2D eigenvalue weighted by atomic mass is 16.5. The quantitative estimate of drug-likeness (QED) is 0.490. The first-order valence-corrected chi connectivity index (χ1v) is 12.0. The molecule has 3 unspecified atom stereocenters. The van der Waals surface area contributed by atoms with E-state index in [-0.39, 0.29) is 30.3 Å². The molecule has 2 aromatic rings. The number of carboxylic acids is 1. The molecule has 0 bridgehead atoms. The zero-order valence-corrected chi connectivity index (χ0v) is 19.6. The normalized spacial score (nSPS) is 19.1. The van der Waals surface area contributed by atoms with E-state index in [4.69, 9.17) is 9.84 Å². The largest absolute Gasteiger partial charge is 0.481 e. The molecule has 7 heteroatoms. The highest BCUT2D eigenvalue weighted by Crippen LogP contribution is 2.44. The number of carbonyl (C=O) groups is 3. The molecule has 0 aromatic heterocycles. The maximum Gasteiger partial charge on any atom is 0.407 e. The van der Waals surface area contributed by atoms with Gasteiger partial charge in [0.1, 0.15) is 12.6 Å². The lowest BCUT2D eigenvalue weighted by atomic mass is 9.98. The van der Waals surface area contributed by atoms with E-state index < -0.39 is 18.1 Å². The van der Waals surface area contributed by atoms with Crippen LogP contribution in [0.15, 0.2) is 48.5 Å². The first-order valence-electron chi connectivity index (χ1n) is 12.0. The number of hydrogen-bond donors (Lipinski definition) is 3. The van der Waals surface area contributed by atoms with Crippen molar-refractivity contribution in [2.45, 2.75) is 45.1 Å². The monoisotopic (exact) mass is 464 g/mol. The Balaban J connectivity index is 1.35. The third kappa shape index (κ3) is 5.41. The third-order valence-electron chi connectivity index (χ3n) is 6.76. The molecule has 180 valence electrons. The van der Waals surface area contributed by atoms with Crippen LogP contribution >= 0.6 is 0 Å². The van der Waals surface area contributed by atoms with Crippen molar-refractivity contribution in [3.8, 4) is 11.1 Å². The highest BCUT2D eigenvalue weighted by Gasteiger charge is 2.43. The van der Waals surface area contributed by atoms with Crippen LogP contribution < -0.4 is 10.6 Å². The number of carboxylic acid groups (broad SMARTS) is 1. The summed E-state index contributed by atoms with van der Waals surface area (Å²) in [7, 11) is 0. The van der Waals surface area contributed by atoms with Gasteiger partial charge in [-0.25, -0.2) is 4.79 Å². The summed E-state index contributed by atoms with van der Waals surface area (Å²) < 4.78 is 5.61. The number of hydrogen-bond acceptors (Lipinski definition) is 4. The Morgan fingerprint density at radius 2 is 1.62 bits per heavy atom. The summed E-state index contributed by atoms with van der Waals surface area (Å²) in [6.45, 7) is 4.61. The van der Waals surface area contributed by atoms with E-state index >= 15 is 0 Å². The SMILES string of the molecule is CC(C)CCC(NC(=O)OCC1c2ccccc2-c2ccccc21)C(=O)NCC1CC1C(=O)O. The van der Waals surface area contributed by atoms with Gasteiger partial charge in [-0.05, 0) is 53.4 Å². The number of nitrogens with one attached hydrogen (secondary N) is 2. The van der Waals surface area contributed by atoms with Gasteiger partial charge in [-0.1, -0.05) is 62.4 Å². The number of benzene rings is 2. The van der Waals surface area contributed by atoms with Gasteiger partial charge in [0.25, 0.3) is 0 Å². The second-order valence-electron chi connectivity index (χ2n) is 9.68. The van der Waals surface area contributed by atoms with Crippen LogP contribution in [0.5, 0.6) is 0 Å². The van der Waals surface area contributed by atoms with E-state index in [1.807, 2.05) is 24.3 Å². The lowest BCUT2D eigenvalue weighted by Gasteiger charge is -2.20. The molecule has 2 aromatic carbocycles. The molecule has 3 atom stereocenters. The molecule has 3 N–H and O–H groups in total. The van der Waals surface area contributed by atoms with E-state index in [9.17, 15) is 14.4 Å². The summed E-state index contributed by atoms with van der Waals surface area (Å²) in [6, 6.07) is 15.5. The van der Waals surface area contributed by atoms with Crippen molar-refractivity contribution in [2.24, 2.45) is 17.8 Å². The van der Waals surface area contributed by atoms with Gasteiger partial charge in [0.15, 0.2) is 0 Å². The lowest BCUT2D eigenvalue weighted by Crippen LogP contribution is -2.47. The maximum atomic E-state index is 12.8. The predicted octanol–water partition coefficient (Wildman–Crippen LogP) is 4.17. The Hall–Kier alpha value is -3.35. The number of rotatable bonds is 10. The number of fused-ring (bicyclic) bond motifs is 3. The zero-order chi connectivity index (χ0) is 24.2. The Labute approximate surface area is 199 Å². The van der Waals surface area contributed by atoms with Gasteiger partial charge in [-0.3, -0.25) is 9.59 Å². The van der Waals surface area contributed by atoms with Crippen LogP contribution in [0.4, 0.5) is 4.79 Å². The fraction of sp³-hybridized carbons (Fsp3) is 0.444. The zero-order valence-electron chi connectivity index (χ0n) is 19.6. The van der Waals surface area contributed by atoms with Crippen LogP contribution in [0.1, 0.15) is 50.2 Å². The van der Waals surface area contributed by atoms with Crippen LogP contribution in [0.25, 0.3) is 11.1 Å². The average Bonchev–Trinajstić information content (AvgIpc) is 3.54. The fourth-order valence-corrected chi connectivity index (χ4v) is 4.68. The Bertz CT molecular complexity index is 1020. The average molecular weight is 465 g/mol. The van der Waals surface area contributed by atoms with E-state index in [0.29, 0.717) is 25.3 Å². The van der Waals surface area contributed by atoms with Crippen molar-refractivity contribution >= 4 is 18.0 Å². The molecule has 1 saturated carbocycles. The highest BCUT2D eigenvalue weighted by molar-refractivity contribution is 5.86. The standard InChI is InChI=1S/C27H32N2O5/c1-16(2)11-12-24(25(30)28-14-17-13-22(17)26(31)32)29-27(33)34-15-23-20-9-5-3-7-18(20)19-8-4-6-10-21(19)23/h3-10,16-17,22-24H,11-15H2,1-2H3,(H,28,30)(H,29,33)(H,31,32). The van der Waals surface area contributed by atoms with Crippen LogP contribution in [0.2, 0.25) is 0 Å². The molecule has 2 aliphatic carbocycles. The minimum atomic E-state index is -0.827. The molecule has 34 heavy (non-hydrogen) atoms. The predicted molar refractivity (Wildman–Crippen MR) is 128 cm³/mol. The van der Waals surface area contributed by atoms with E-state index in [1.165, 1.54) is 0 Å². The second-order valence-corrected chi connectivity index (χ2v) is 9.68. The molecular formula is C27H32N2O5.